The zero-order valence-corrected chi connectivity index (χ0v) is 12.3. The first-order valence-corrected chi connectivity index (χ1v) is 8.21. The first-order chi connectivity index (χ1) is 9.59. The second-order valence-electron chi connectivity index (χ2n) is 7.46. The van der Waals surface area contributed by atoms with Crippen molar-refractivity contribution in [3.05, 3.63) is 22.8 Å². The summed E-state index contributed by atoms with van der Waals surface area (Å²) in [6.45, 7) is 2.21. The van der Waals surface area contributed by atoms with E-state index in [2.05, 4.69) is 13.0 Å². The average Bonchev–Trinajstić information content (AvgIpc) is 2.74. The number of allylic oxidation sites excluding steroid dienone is 3. The third-order valence-corrected chi connectivity index (χ3v) is 6.51. The minimum absolute atomic E-state index is 0.0609. The van der Waals surface area contributed by atoms with Gasteiger partial charge < -0.3 is 5.11 Å². The van der Waals surface area contributed by atoms with Crippen LogP contribution in [0.15, 0.2) is 22.8 Å². The molecule has 20 heavy (non-hydrogen) atoms. The molecule has 0 heterocycles. The van der Waals surface area contributed by atoms with E-state index in [9.17, 15) is 9.90 Å². The lowest BCUT2D eigenvalue weighted by Crippen LogP contribution is -2.39. The molecule has 0 bridgehead atoms. The fourth-order valence-corrected chi connectivity index (χ4v) is 5.33. The van der Waals surface area contributed by atoms with Crippen LogP contribution in [0, 0.1) is 17.3 Å². The molecule has 2 fully saturated rings. The number of fused-ring (bicyclic) bond motifs is 4. The molecule has 0 aromatic heterocycles. The molecule has 0 aliphatic heterocycles. The van der Waals surface area contributed by atoms with Crippen LogP contribution in [0.1, 0.15) is 58.3 Å². The summed E-state index contributed by atoms with van der Waals surface area (Å²) in [7, 11) is 0. The summed E-state index contributed by atoms with van der Waals surface area (Å²) in [5.74, 6) is 1.62. The van der Waals surface area contributed by atoms with Gasteiger partial charge in [0.1, 0.15) is 5.78 Å². The Morgan fingerprint density at radius 1 is 1.25 bits per heavy atom. The average molecular weight is 272 g/mol. The molecule has 1 N–H and O–H groups in total. The van der Waals surface area contributed by atoms with E-state index in [-0.39, 0.29) is 11.5 Å². The number of ketones is 1. The van der Waals surface area contributed by atoms with Crippen molar-refractivity contribution in [1.82, 2.24) is 0 Å². The van der Waals surface area contributed by atoms with Gasteiger partial charge in [0.05, 0.1) is 6.10 Å². The number of rotatable bonds is 0. The van der Waals surface area contributed by atoms with Gasteiger partial charge in [-0.25, -0.2) is 0 Å². The Hall–Kier alpha value is -0.890. The van der Waals surface area contributed by atoms with Crippen molar-refractivity contribution >= 4 is 5.78 Å². The molecule has 2 heteroatoms. The van der Waals surface area contributed by atoms with Crippen molar-refractivity contribution in [2.45, 2.75) is 64.4 Å². The highest BCUT2D eigenvalue weighted by molar-refractivity contribution is 5.88. The number of carbonyl (C=O) groups is 1. The second-order valence-corrected chi connectivity index (χ2v) is 7.46. The van der Waals surface area contributed by atoms with Gasteiger partial charge in [0.2, 0.25) is 0 Å². The van der Waals surface area contributed by atoms with E-state index >= 15 is 0 Å². The van der Waals surface area contributed by atoms with Gasteiger partial charge >= 0.3 is 0 Å². The van der Waals surface area contributed by atoms with Gasteiger partial charge in [0, 0.05) is 17.8 Å². The van der Waals surface area contributed by atoms with Crippen LogP contribution >= 0.6 is 0 Å². The predicted molar refractivity (Wildman–Crippen MR) is 78.1 cm³/mol. The fraction of sp³-hybridized carbons (Fsp3) is 0.722. The minimum Gasteiger partial charge on any atom is -0.393 e. The molecule has 2 saturated carbocycles. The first kappa shape index (κ1) is 12.8. The lowest BCUT2D eigenvalue weighted by Gasteiger charge is -2.45. The molecule has 4 aliphatic rings. The summed E-state index contributed by atoms with van der Waals surface area (Å²) in [5.41, 5.74) is 4.66. The number of aliphatic hydroxyl groups is 1. The molecule has 0 spiro atoms. The summed E-state index contributed by atoms with van der Waals surface area (Å²) < 4.78 is 0. The van der Waals surface area contributed by atoms with Gasteiger partial charge in [-0.15, -0.1) is 0 Å². The Morgan fingerprint density at radius 3 is 2.95 bits per heavy atom. The highest BCUT2D eigenvalue weighted by atomic mass is 16.3. The molecule has 3 unspecified atom stereocenters. The van der Waals surface area contributed by atoms with Crippen molar-refractivity contribution in [3.63, 3.8) is 0 Å². The summed E-state index contributed by atoms with van der Waals surface area (Å²) in [4.78, 5) is 12.3. The van der Waals surface area contributed by atoms with Gasteiger partial charge in [-0.2, -0.15) is 0 Å². The van der Waals surface area contributed by atoms with Gasteiger partial charge in [-0.05, 0) is 50.9 Å². The highest BCUT2D eigenvalue weighted by Gasteiger charge is 2.52. The topological polar surface area (TPSA) is 37.3 Å². The summed E-state index contributed by atoms with van der Waals surface area (Å²) >= 11 is 0. The number of Topliss-reactive ketones (excluding diaryl/α,β-unsaturated/α-hetero) is 1. The van der Waals surface area contributed by atoms with Crippen LogP contribution < -0.4 is 0 Å². The highest BCUT2D eigenvalue weighted by Crippen LogP contribution is 2.58. The fourth-order valence-electron chi connectivity index (χ4n) is 5.33. The zero-order valence-electron chi connectivity index (χ0n) is 12.3. The Balaban J connectivity index is 1.68. The van der Waals surface area contributed by atoms with Crippen LogP contribution in [0.3, 0.4) is 0 Å². The van der Waals surface area contributed by atoms with E-state index in [1.54, 1.807) is 11.1 Å². The lowest BCUT2D eigenvalue weighted by atomic mass is 9.58. The van der Waals surface area contributed by atoms with Crippen LogP contribution in [0.2, 0.25) is 0 Å². The van der Waals surface area contributed by atoms with E-state index in [0.717, 1.165) is 51.4 Å². The maximum Gasteiger partial charge on any atom is 0.139 e. The van der Waals surface area contributed by atoms with Crippen LogP contribution in [-0.2, 0) is 4.79 Å². The number of aliphatic hydroxyl groups excluding tert-OH is 1. The molecule has 4 rings (SSSR count). The predicted octanol–water partition coefficient (Wildman–Crippen LogP) is 3.55. The van der Waals surface area contributed by atoms with Gasteiger partial charge in [-0.1, -0.05) is 29.7 Å². The minimum atomic E-state index is -0.120. The van der Waals surface area contributed by atoms with Gasteiger partial charge in [-0.3, -0.25) is 4.79 Å². The largest absolute Gasteiger partial charge is 0.393 e. The van der Waals surface area contributed by atoms with Crippen molar-refractivity contribution in [2.24, 2.45) is 17.3 Å². The zero-order chi connectivity index (χ0) is 13.9. The Labute approximate surface area is 120 Å². The normalized spacial score (nSPS) is 43.8. The first-order valence-electron chi connectivity index (χ1n) is 8.21. The number of hydrogen-bond donors (Lipinski definition) is 1. The summed E-state index contributed by atoms with van der Waals surface area (Å²) in [6.07, 6.45) is 10.3. The van der Waals surface area contributed by atoms with Gasteiger partial charge in [0.15, 0.2) is 0 Å². The molecular formula is C18H24O2. The van der Waals surface area contributed by atoms with Crippen molar-refractivity contribution in [2.75, 3.05) is 0 Å². The third kappa shape index (κ3) is 1.64. The van der Waals surface area contributed by atoms with Gasteiger partial charge in [0.25, 0.3) is 0 Å². The molecule has 0 aromatic carbocycles. The maximum absolute atomic E-state index is 12.3. The molecule has 4 aliphatic carbocycles. The maximum atomic E-state index is 12.3. The van der Waals surface area contributed by atoms with Crippen LogP contribution in [0.4, 0.5) is 0 Å². The summed E-state index contributed by atoms with van der Waals surface area (Å²) in [6, 6.07) is 0. The SMILES string of the molecule is CC12CCC3C(=CCC4=C3CCC(O)C4)[C@@H]1CCC2=O. The van der Waals surface area contributed by atoms with E-state index in [0.29, 0.717) is 17.6 Å². The molecule has 0 saturated heterocycles. The van der Waals surface area contributed by atoms with E-state index in [1.165, 1.54) is 5.57 Å². The lowest BCUT2D eigenvalue weighted by molar-refractivity contribution is -0.127. The molecule has 4 atom stereocenters. The molecule has 0 radical (unpaired) electrons. The van der Waals surface area contributed by atoms with E-state index < -0.39 is 0 Å². The quantitative estimate of drug-likeness (QED) is 0.685. The Bertz CT molecular complexity index is 528. The van der Waals surface area contributed by atoms with Crippen LogP contribution in [0.25, 0.3) is 0 Å². The summed E-state index contributed by atoms with van der Waals surface area (Å²) in [5, 5.41) is 9.87. The number of carbonyl (C=O) groups excluding carboxylic acids is 1. The number of hydrogen-bond acceptors (Lipinski definition) is 2. The third-order valence-electron chi connectivity index (χ3n) is 6.51. The molecular weight excluding hydrogens is 248 g/mol. The van der Waals surface area contributed by atoms with Crippen molar-refractivity contribution < 1.29 is 9.90 Å². The molecule has 108 valence electrons. The van der Waals surface area contributed by atoms with E-state index in [4.69, 9.17) is 0 Å². The van der Waals surface area contributed by atoms with Crippen molar-refractivity contribution in [1.29, 1.82) is 0 Å². The second kappa shape index (κ2) is 4.30. The Kier molecular flexibility index (Phi) is 2.76. The van der Waals surface area contributed by atoms with Crippen LogP contribution in [0.5, 0.6) is 0 Å². The van der Waals surface area contributed by atoms with E-state index in [1.807, 2.05) is 0 Å². The molecule has 0 aromatic rings. The molecule has 2 nitrogen and oxygen atoms in total. The molecule has 0 amide bonds. The Morgan fingerprint density at radius 2 is 2.10 bits per heavy atom. The van der Waals surface area contributed by atoms with Crippen molar-refractivity contribution in [3.8, 4) is 0 Å². The monoisotopic (exact) mass is 272 g/mol. The van der Waals surface area contributed by atoms with Crippen LogP contribution in [-0.4, -0.2) is 17.0 Å². The smallest absolute Gasteiger partial charge is 0.139 e. The standard InChI is InChI=1S/C18H24O2/c1-18-9-8-14-13-5-3-12(19)10-11(13)2-4-15(14)16(18)6-7-17(18)20/h4,12,14,16,19H,2-3,5-10H2,1H3/t12?,14?,16-,18?/m0/s1.